The van der Waals surface area contributed by atoms with Gasteiger partial charge >= 0.3 is 5.97 Å². The highest BCUT2D eigenvalue weighted by Crippen LogP contribution is 2.41. The van der Waals surface area contributed by atoms with Gasteiger partial charge in [0, 0.05) is 39.5 Å². The predicted molar refractivity (Wildman–Crippen MR) is 164 cm³/mol. The average Bonchev–Trinajstić information content (AvgIpc) is 3.47. The normalized spacial score (nSPS) is 18.3. The Morgan fingerprint density at radius 2 is 2.00 bits per heavy atom. The van der Waals surface area contributed by atoms with Gasteiger partial charge in [-0.05, 0) is 17.7 Å². The van der Waals surface area contributed by atoms with Gasteiger partial charge in [-0.3, -0.25) is 14.5 Å². The summed E-state index contributed by atoms with van der Waals surface area (Å²) < 4.78 is 1.74. The zero-order valence-corrected chi connectivity index (χ0v) is 26.1. The number of nitrogens with one attached hydrogen (secondary N) is 2. The lowest BCUT2D eigenvalue weighted by Gasteiger charge is -2.50. The molecule has 240 valence electrons. The predicted octanol–water partition coefficient (Wildman–Crippen LogP) is -0.660. The number of carbonyl (C=O) groups is 4. The summed E-state index contributed by atoms with van der Waals surface area (Å²) in [7, 11) is 1.76. The number of fused-ring (bicyclic) bond motifs is 1. The lowest BCUT2D eigenvalue weighted by molar-refractivity contribution is -0.647. The van der Waals surface area contributed by atoms with Crippen LogP contribution in [0.4, 0.5) is 5.13 Å². The van der Waals surface area contributed by atoms with Crippen LogP contribution in [0.25, 0.3) is 0 Å². The number of aliphatic carboxylic acids is 2. The first-order valence-corrected chi connectivity index (χ1v) is 16.1. The summed E-state index contributed by atoms with van der Waals surface area (Å²) >= 11 is 3.62. The number of anilines is 1. The number of β-lactam (4-membered cyclic amide) rings is 1. The van der Waals surface area contributed by atoms with Crippen LogP contribution in [0, 0.1) is 0 Å². The minimum atomic E-state index is -1.81. The molecule has 1 saturated heterocycles. The highest BCUT2D eigenvalue weighted by atomic mass is 32.2. The summed E-state index contributed by atoms with van der Waals surface area (Å²) in [6.45, 7) is 0. The van der Waals surface area contributed by atoms with Crippen molar-refractivity contribution in [2.24, 2.45) is 5.16 Å². The number of hydrogen-bond acceptors (Lipinski definition) is 15. The van der Waals surface area contributed by atoms with Crippen LogP contribution in [-0.4, -0.2) is 84.6 Å². The monoisotopic (exact) mass is 687 g/mol. The van der Waals surface area contributed by atoms with Crippen molar-refractivity contribution in [2.45, 2.75) is 22.4 Å². The highest BCUT2D eigenvalue weighted by molar-refractivity contribution is 8.01. The van der Waals surface area contributed by atoms with Crippen molar-refractivity contribution in [3.63, 3.8) is 0 Å². The quantitative estimate of drug-likeness (QED) is 0.0346. The summed E-state index contributed by atoms with van der Waals surface area (Å²) in [6, 6.07) is 5.74. The Labute approximate surface area is 272 Å². The summed E-state index contributed by atoms with van der Waals surface area (Å²) in [5.41, 5.74) is 8.21. The van der Waals surface area contributed by atoms with Crippen LogP contribution in [-0.2, 0) is 24.0 Å². The summed E-state index contributed by atoms with van der Waals surface area (Å²) in [6.07, 6.45) is 1.79. The molecule has 2 amide bonds. The number of phenols is 2. The third-order valence-corrected chi connectivity index (χ3v) is 9.86. The van der Waals surface area contributed by atoms with Gasteiger partial charge in [0.1, 0.15) is 17.1 Å². The maximum atomic E-state index is 13.4. The van der Waals surface area contributed by atoms with Crippen LogP contribution in [0.15, 0.2) is 69.4 Å². The summed E-state index contributed by atoms with van der Waals surface area (Å²) in [5.74, 6) is -5.26. The Balaban J connectivity index is 1.34. The third-order valence-electron chi connectivity index (χ3n) is 6.75. The standard InChI is InChI=1S/C27H25N7O9S3/c1-29-33-6-4-14(5-7-33)44-9-13-10-45-24-19(23(38)34(24)20(13)25(39)40)31-22(37)18(15-11-46-27(28)30-15)32-43-21(26(41)42)12-2-3-16(35)17(36)8-12/h2-8,11,19,21,24,29H,9-10H2,1H3,(H6-,28,30,31,32,35,36,37,39,40,41,42)/t19-,21+,24-/m1/s1. The highest BCUT2D eigenvalue weighted by Gasteiger charge is 2.53. The van der Waals surface area contributed by atoms with Gasteiger partial charge in [-0.1, -0.05) is 15.9 Å². The van der Waals surface area contributed by atoms with E-state index in [4.69, 9.17) is 10.6 Å². The average molecular weight is 688 g/mol. The first-order valence-electron chi connectivity index (χ1n) is 13.2. The van der Waals surface area contributed by atoms with Crippen molar-refractivity contribution in [2.75, 3.05) is 29.7 Å². The van der Waals surface area contributed by atoms with Crippen LogP contribution >= 0.6 is 34.9 Å². The van der Waals surface area contributed by atoms with E-state index in [9.17, 15) is 39.6 Å². The second-order valence-corrected chi connectivity index (χ2v) is 12.7. The molecule has 1 aromatic carbocycles. The minimum absolute atomic E-state index is 0.0633. The number of amides is 2. The summed E-state index contributed by atoms with van der Waals surface area (Å²) in [5, 5.41) is 48.1. The number of carboxylic acids is 2. The second kappa shape index (κ2) is 13.5. The smallest absolute Gasteiger partial charge is 0.352 e. The Morgan fingerprint density at radius 3 is 2.61 bits per heavy atom. The number of nitrogens with zero attached hydrogens (tertiary/aromatic N) is 4. The fraction of sp³-hybridized carbons (Fsp3) is 0.222. The number of oxime groups is 1. The SMILES string of the molecule is CN[n+]1ccc(SCC2=C(C(=O)[O-])N3C(=O)[C@@H](NC(=O)/C(=N\O[C@H](C(=O)O)c4ccc(O)c(O)c4)c4csc(N)n4)[C@H]3SC2)cc1. The van der Waals surface area contributed by atoms with E-state index in [1.54, 1.807) is 24.1 Å². The third kappa shape index (κ3) is 6.65. The molecule has 2 aromatic heterocycles. The van der Waals surface area contributed by atoms with Crippen molar-refractivity contribution in [3.8, 4) is 11.5 Å². The van der Waals surface area contributed by atoms with Gasteiger partial charge in [-0.2, -0.15) is 5.43 Å². The molecular formula is C27H25N7O9S3. The number of pyridine rings is 1. The zero-order chi connectivity index (χ0) is 33.1. The van der Waals surface area contributed by atoms with E-state index in [1.807, 2.05) is 12.1 Å². The molecule has 7 N–H and O–H groups in total. The van der Waals surface area contributed by atoms with E-state index in [1.165, 1.54) is 35.0 Å². The van der Waals surface area contributed by atoms with E-state index in [2.05, 4.69) is 20.9 Å². The number of benzene rings is 1. The fourth-order valence-corrected chi connectivity index (χ4v) is 7.40. The van der Waals surface area contributed by atoms with Crippen molar-refractivity contribution in [1.29, 1.82) is 0 Å². The van der Waals surface area contributed by atoms with Gasteiger partial charge in [-0.15, -0.1) is 34.9 Å². The first-order chi connectivity index (χ1) is 22.0. The number of carboxylic acid groups (broad SMARTS) is 2. The molecule has 2 aliphatic rings. The maximum Gasteiger partial charge on any atom is 0.352 e. The van der Waals surface area contributed by atoms with Gasteiger partial charge in [0.25, 0.3) is 11.8 Å². The molecule has 0 spiro atoms. The molecule has 0 unspecified atom stereocenters. The lowest BCUT2D eigenvalue weighted by atomic mass is 10.0. The Hall–Kier alpha value is -5.01. The number of thiazole rings is 1. The molecule has 46 heavy (non-hydrogen) atoms. The zero-order valence-electron chi connectivity index (χ0n) is 23.6. The Kier molecular flexibility index (Phi) is 9.54. The van der Waals surface area contributed by atoms with Crippen LogP contribution in [0.3, 0.4) is 0 Å². The molecule has 2 aliphatic heterocycles. The molecule has 16 nitrogen and oxygen atoms in total. The number of aromatic hydroxyl groups is 2. The van der Waals surface area contributed by atoms with Crippen LogP contribution in [0.5, 0.6) is 11.5 Å². The number of carbonyl (C=O) groups excluding carboxylic acids is 3. The first kappa shape index (κ1) is 32.4. The van der Waals surface area contributed by atoms with Crippen molar-refractivity contribution in [1.82, 2.24) is 15.2 Å². The van der Waals surface area contributed by atoms with E-state index in [0.29, 0.717) is 5.57 Å². The Morgan fingerprint density at radius 1 is 1.26 bits per heavy atom. The number of thioether (sulfide) groups is 2. The van der Waals surface area contributed by atoms with Crippen molar-refractivity contribution in [3.05, 3.63) is 70.6 Å². The molecule has 3 aromatic rings. The molecule has 0 bridgehead atoms. The summed E-state index contributed by atoms with van der Waals surface area (Å²) in [4.78, 5) is 61.9. The minimum Gasteiger partial charge on any atom is -0.543 e. The molecule has 5 rings (SSSR count). The number of aromatic nitrogens is 2. The second-order valence-electron chi connectivity index (χ2n) is 9.64. The van der Waals surface area contributed by atoms with Crippen molar-refractivity contribution < 1.29 is 49.1 Å². The van der Waals surface area contributed by atoms with Gasteiger partial charge in [0.2, 0.25) is 18.5 Å². The molecule has 4 heterocycles. The molecule has 1 fully saturated rings. The van der Waals surface area contributed by atoms with E-state index >= 15 is 0 Å². The van der Waals surface area contributed by atoms with Crippen LogP contribution in [0.2, 0.25) is 0 Å². The number of nitrogens with two attached hydrogens (primary N) is 1. The number of rotatable bonds is 12. The van der Waals surface area contributed by atoms with Crippen LogP contribution < -0.4 is 26.3 Å². The van der Waals surface area contributed by atoms with Gasteiger partial charge in [0.15, 0.2) is 22.3 Å². The molecular weight excluding hydrogens is 663 g/mol. The fourth-order valence-electron chi connectivity index (χ4n) is 4.48. The van der Waals surface area contributed by atoms with E-state index in [0.717, 1.165) is 33.3 Å². The van der Waals surface area contributed by atoms with Gasteiger partial charge in [-0.25, -0.2) is 9.78 Å². The largest absolute Gasteiger partial charge is 0.543 e. The topological polar surface area (TPSA) is 244 Å². The maximum absolute atomic E-state index is 13.4. The van der Waals surface area contributed by atoms with E-state index < -0.39 is 58.5 Å². The molecule has 19 heteroatoms. The van der Waals surface area contributed by atoms with E-state index in [-0.39, 0.29) is 33.6 Å². The molecule has 0 radical (unpaired) electrons. The lowest BCUT2D eigenvalue weighted by Crippen LogP contribution is -2.71. The van der Waals surface area contributed by atoms with Crippen molar-refractivity contribution >= 4 is 69.5 Å². The molecule has 3 atom stereocenters. The molecule has 0 saturated carbocycles. The van der Waals surface area contributed by atoms with Gasteiger partial charge in [0.05, 0.1) is 18.7 Å². The number of phenolic OH excluding ortho intramolecular Hbond substituents is 2. The Bertz CT molecular complexity index is 1760. The number of nitrogen functional groups attached to an aromatic ring is 1. The number of hydrogen-bond donors (Lipinski definition) is 6. The van der Waals surface area contributed by atoms with Crippen LogP contribution in [0.1, 0.15) is 17.4 Å². The van der Waals surface area contributed by atoms with Gasteiger partial charge < -0.3 is 41.1 Å². The molecule has 0 aliphatic carbocycles.